The smallest absolute Gasteiger partial charge is 0.257 e. The minimum Gasteiger partial charge on any atom is -0.368 e. The van der Waals surface area contributed by atoms with Crippen LogP contribution >= 0.6 is 0 Å². The van der Waals surface area contributed by atoms with E-state index < -0.39 is 5.82 Å². The number of likely N-dealkylation sites (tertiary alicyclic amines) is 1. The molecule has 5 heteroatoms. The van der Waals surface area contributed by atoms with Crippen LogP contribution < -0.4 is 5.32 Å². The van der Waals surface area contributed by atoms with Gasteiger partial charge in [0.05, 0.1) is 5.56 Å². The third kappa shape index (κ3) is 3.71. The van der Waals surface area contributed by atoms with E-state index in [0.717, 1.165) is 38.8 Å². The van der Waals surface area contributed by atoms with Gasteiger partial charge in [-0.05, 0) is 31.2 Å². The second-order valence-corrected chi connectivity index (χ2v) is 5.64. The average Bonchev–Trinajstić information content (AvgIpc) is 2.94. The molecule has 1 aliphatic heterocycles. The van der Waals surface area contributed by atoms with Crippen molar-refractivity contribution in [1.29, 1.82) is 0 Å². The van der Waals surface area contributed by atoms with E-state index >= 15 is 0 Å². The van der Waals surface area contributed by atoms with E-state index in [1.54, 1.807) is 4.90 Å². The maximum Gasteiger partial charge on any atom is 0.257 e. The molecule has 1 amide bonds. The van der Waals surface area contributed by atoms with Crippen molar-refractivity contribution in [3.63, 3.8) is 0 Å². The van der Waals surface area contributed by atoms with Crippen LogP contribution in [0.1, 0.15) is 49.9 Å². The molecule has 0 aliphatic carbocycles. The SMILES string of the molecule is CCCNc1nccc(C(=O)N2CCC(CCC)C2)c1F. The number of aromatic nitrogens is 1. The Morgan fingerprint density at radius 2 is 2.29 bits per heavy atom. The maximum absolute atomic E-state index is 14.4. The van der Waals surface area contributed by atoms with Crippen molar-refractivity contribution >= 4 is 11.7 Å². The number of hydrogen-bond donors (Lipinski definition) is 1. The Morgan fingerprint density at radius 1 is 1.48 bits per heavy atom. The topological polar surface area (TPSA) is 45.2 Å². The summed E-state index contributed by atoms with van der Waals surface area (Å²) in [7, 11) is 0. The van der Waals surface area contributed by atoms with Gasteiger partial charge in [0.1, 0.15) is 0 Å². The molecule has 0 saturated carbocycles. The molecule has 1 N–H and O–H groups in total. The van der Waals surface area contributed by atoms with Gasteiger partial charge in [0, 0.05) is 25.8 Å². The molecular formula is C16H24FN3O. The van der Waals surface area contributed by atoms with Crippen LogP contribution in [-0.2, 0) is 0 Å². The normalized spacial score (nSPS) is 18.0. The lowest BCUT2D eigenvalue weighted by molar-refractivity contribution is 0.0782. The molecule has 0 bridgehead atoms. The third-order valence-electron chi connectivity index (χ3n) is 3.93. The van der Waals surface area contributed by atoms with E-state index in [0.29, 0.717) is 12.5 Å². The van der Waals surface area contributed by atoms with Gasteiger partial charge in [-0.1, -0.05) is 20.3 Å². The lowest BCUT2D eigenvalue weighted by Crippen LogP contribution is -2.29. The van der Waals surface area contributed by atoms with Gasteiger partial charge in [0.2, 0.25) is 0 Å². The Balaban J connectivity index is 2.09. The first-order valence-electron chi connectivity index (χ1n) is 7.85. The highest BCUT2D eigenvalue weighted by atomic mass is 19.1. The number of amides is 1. The van der Waals surface area contributed by atoms with Crippen LogP contribution in [0, 0.1) is 11.7 Å². The first-order chi connectivity index (χ1) is 10.2. The Kier molecular flexibility index (Phi) is 5.53. The number of nitrogens with one attached hydrogen (secondary N) is 1. The summed E-state index contributed by atoms with van der Waals surface area (Å²) in [5.41, 5.74) is 0.126. The predicted molar refractivity (Wildman–Crippen MR) is 81.9 cm³/mol. The van der Waals surface area contributed by atoms with Crippen LogP contribution in [0.15, 0.2) is 12.3 Å². The van der Waals surface area contributed by atoms with E-state index in [9.17, 15) is 9.18 Å². The standard InChI is InChI=1S/C16H24FN3O/c1-3-5-12-7-10-20(11-12)16(21)13-6-9-19-15(14(13)17)18-8-4-2/h6,9,12H,3-5,7-8,10-11H2,1-2H3,(H,18,19). The third-order valence-corrected chi connectivity index (χ3v) is 3.93. The minimum atomic E-state index is -0.533. The number of halogens is 1. The van der Waals surface area contributed by atoms with Gasteiger partial charge in [-0.2, -0.15) is 0 Å². The summed E-state index contributed by atoms with van der Waals surface area (Å²) in [6, 6.07) is 1.47. The van der Waals surface area contributed by atoms with E-state index in [1.807, 2.05) is 6.92 Å². The summed E-state index contributed by atoms with van der Waals surface area (Å²) in [5.74, 6) is -0.0171. The molecule has 1 aliphatic rings. The Labute approximate surface area is 125 Å². The van der Waals surface area contributed by atoms with E-state index in [2.05, 4.69) is 17.2 Å². The molecule has 116 valence electrons. The average molecular weight is 293 g/mol. The summed E-state index contributed by atoms with van der Waals surface area (Å²) < 4.78 is 14.4. The summed E-state index contributed by atoms with van der Waals surface area (Å²) in [5, 5.41) is 2.92. The van der Waals surface area contributed by atoms with Crippen LogP contribution in [0.5, 0.6) is 0 Å². The molecule has 0 aromatic carbocycles. The summed E-state index contributed by atoms with van der Waals surface area (Å²) in [6.45, 7) is 6.26. The highest BCUT2D eigenvalue weighted by Crippen LogP contribution is 2.24. The number of nitrogens with zero attached hydrogens (tertiary/aromatic N) is 2. The molecule has 2 heterocycles. The monoisotopic (exact) mass is 293 g/mol. The molecular weight excluding hydrogens is 269 g/mol. The second kappa shape index (κ2) is 7.38. The van der Waals surface area contributed by atoms with Crippen molar-refractivity contribution in [3.8, 4) is 0 Å². The van der Waals surface area contributed by atoms with Crippen LogP contribution in [0.25, 0.3) is 0 Å². The Hall–Kier alpha value is -1.65. The van der Waals surface area contributed by atoms with Gasteiger partial charge < -0.3 is 10.2 Å². The highest BCUT2D eigenvalue weighted by molar-refractivity contribution is 5.95. The molecule has 1 fully saturated rings. The Bertz CT molecular complexity index is 492. The van der Waals surface area contributed by atoms with Gasteiger partial charge >= 0.3 is 0 Å². The van der Waals surface area contributed by atoms with Gasteiger partial charge in [0.15, 0.2) is 11.6 Å². The number of hydrogen-bond acceptors (Lipinski definition) is 3. The van der Waals surface area contributed by atoms with E-state index in [1.165, 1.54) is 12.3 Å². The van der Waals surface area contributed by atoms with Gasteiger partial charge in [0.25, 0.3) is 5.91 Å². The predicted octanol–water partition coefficient (Wildman–Crippen LogP) is 3.30. The lowest BCUT2D eigenvalue weighted by Gasteiger charge is -2.17. The van der Waals surface area contributed by atoms with Crippen molar-refractivity contribution in [2.75, 3.05) is 25.0 Å². The van der Waals surface area contributed by atoms with Crippen molar-refractivity contribution in [2.24, 2.45) is 5.92 Å². The fraction of sp³-hybridized carbons (Fsp3) is 0.625. The molecule has 1 saturated heterocycles. The molecule has 1 unspecified atom stereocenters. The Morgan fingerprint density at radius 3 is 3.00 bits per heavy atom. The van der Waals surface area contributed by atoms with Crippen LogP contribution in [-0.4, -0.2) is 35.4 Å². The zero-order valence-corrected chi connectivity index (χ0v) is 12.9. The number of pyridine rings is 1. The van der Waals surface area contributed by atoms with Crippen molar-refractivity contribution in [1.82, 2.24) is 9.88 Å². The number of carbonyl (C=O) groups is 1. The summed E-state index contributed by atoms with van der Waals surface area (Å²) in [4.78, 5) is 18.2. The fourth-order valence-corrected chi connectivity index (χ4v) is 2.81. The van der Waals surface area contributed by atoms with E-state index in [4.69, 9.17) is 0 Å². The van der Waals surface area contributed by atoms with Crippen LogP contribution in [0.4, 0.5) is 10.2 Å². The molecule has 1 atom stereocenters. The highest BCUT2D eigenvalue weighted by Gasteiger charge is 2.28. The zero-order chi connectivity index (χ0) is 15.2. The molecule has 1 aromatic rings. The molecule has 0 radical (unpaired) electrons. The molecule has 4 nitrogen and oxygen atoms in total. The van der Waals surface area contributed by atoms with Gasteiger partial charge in [-0.15, -0.1) is 0 Å². The zero-order valence-electron chi connectivity index (χ0n) is 12.9. The molecule has 0 spiro atoms. The maximum atomic E-state index is 14.4. The van der Waals surface area contributed by atoms with Crippen LogP contribution in [0.2, 0.25) is 0 Å². The summed E-state index contributed by atoms with van der Waals surface area (Å²) in [6.07, 6.45) is 5.65. The first kappa shape index (κ1) is 15.7. The molecule has 1 aromatic heterocycles. The number of carbonyl (C=O) groups excluding carboxylic acids is 1. The first-order valence-corrected chi connectivity index (χ1v) is 7.85. The number of anilines is 1. The quantitative estimate of drug-likeness (QED) is 0.875. The van der Waals surface area contributed by atoms with Crippen molar-refractivity contribution in [3.05, 3.63) is 23.6 Å². The summed E-state index contributed by atoms with van der Waals surface area (Å²) >= 11 is 0. The van der Waals surface area contributed by atoms with Gasteiger partial charge in [-0.25, -0.2) is 9.37 Å². The van der Waals surface area contributed by atoms with Crippen molar-refractivity contribution in [2.45, 2.75) is 39.5 Å². The second-order valence-electron chi connectivity index (χ2n) is 5.64. The minimum absolute atomic E-state index is 0.126. The molecule has 21 heavy (non-hydrogen) atoms. The largest absolute Gasteiger partial charge is 0.368 e. The van der Waals surface area contributed by atoms with Gasteiger partial charge in [-0.3, -0.25) is 4.79 Å². The molecule has 2 rings (SSSR count). The lowest BCUT2D eigenvalue weighted by atomic mass is 10.0. The van der Waals surface area contributed by atoms with E-state index in [-0.39, 0.29) is 17.3 Å². The van der Waals surface area contributed by atoms with Crippen LogP contribution in [0.3, 0.4) is 0 Å². The van der Waals surface area contributed by atoms with Crippen molar-refractivity contribution < 1.29 is 9.18 Å². The fourth-order valence-electron chi connectivity index (χ4n) is 2.81. The number of rotatable bonds is 6.